The fraction of sp³-hybridized carbons (Fsp3) is 0.571. The van der Waals surface area contributed by atoms with Crippen LogP contribution in [0.2, 0.25) is 0 Å². The molecule has 1 spiro atoms. The predicted molar refractivity (Wildman–Crippen MR) is 109 cm³/mol. The van der Waals surface area contributed by atoms with Crippen molar-refractivity contribution in [2.45, 2.75) is 57.8 Å². The van der Waals surface area contributed by atoms with Crippen LogP contribution in [-0.4, -0.2) is 48.9 Å². The van der Waals surface area contributed by atoms with Crippen LogP contribution >= 0.6 is 0 Å². The quantitative estimate of drug-likeness (QED) is 0.639. The Morgan fingerprint density at radius 2 is 1.97 bits per heavy atom. The van der Waals surface area contributed by atoms with Crippen molar-refractivity contribution in [3.05, 3.63) is 23.8 Å². The van der Waals surface area contributed by atoms with Gasteiger partial charge in [0.2, 0.25) is 5.82 Å². The van der Waals surface area contributed by atoms with E-state index in [4.69, 9.17) is 19.9 Å². The summed E-state index contributed by atoms with van der Waals surface area (Å²) in [6, 6.07) is 0.752. The minimum atomic E-state index is -1.41. The summed E-state index contributed by atoms with van der Waals surface area (Å²) in [6.07, 6.45) is -2.02. The average molecular weight is 455 g/mol. The van der Waals surface area contributed by atoms with Crippen molar-refractivity contribution >= 4 is 23.6 Å². The fourth-order valence-corrected chi connectivity index (χ4v) is 3.86. The first-order valence-electron chi connectivity index (χ1n) is 10.2. The van der Waals surface area contributed by atoms with Crippen molar-refractivity contribution in [2.75, 3.05) is 18.5 Å². The number of hydrogen-bond donors (Lipinski definition) is 3. The number of halogens is 2. The lowest BCUT2D eigenvalue weighted by Gasteiger charge is -2.41. The highest BCUT2D eigenvalue weighted by atomic mass is 19.2. The molecule has 4 N–H and O–H groups in total. The zero-order valence-electron chi connectivity index (χ0n) is 18.1. The molecule has 0 aliphatic carbocycles. The summed E-state index contributed by atoms with van der Waals surface area (Å²) in [5.41, 5.74) is 3.25. The molecular weight excluding hydrogens is 428 g/mol. The number of hydrogen-bond acceptors (Lipinski definition) is 6. The third-order valence-electron chi connectivity index (χ3n) is 5.38. The molecule has 1 aromatic rings. The number of benzene rings is 1. The third kappa shape index (κ3) is 5.09. The van der Waals surface area contributed by atoms with Crippen molar-refractivity contribution in [2.24, 2.45) is 11.1 Å². The Morgan fingerprint density at radius 3 is 2.56 bits per heavy atom. The van der Waals surface area contributed by atoms with Gasteiger partial charge in [-0.2, -0.15) is 4.39 Å². The van der Waals surface area contributed by atoms with Gasteiger partial charge in [0.1, 0.15) is 11.6 Å². The van der Waals surface area contributed by atoms with Gasteiger partial charge in [-0.1, -0.05) is 20.8 Å². The summed E-state index contributed by atoms with van der Waals surface area (Å²) in [5.74, 6) is -4.27. The molecule has 0 unspecified atom stereocenters. The highest BCUT2D eigenvalue weighted by Crippen LogP contribution is 2.40. The van der Waals surface area contributed by atoms with Gasteiger partial charge in [0, 0.05) is 12.8 Å². The van der Waals surface area contributed by atoms with Crippen LogP contribution in [0.15, 0.2) is 12.1 Å². The minimum Gasteiger partial charge on any atom is -0.479 e. The van der Waals surface area contributed by atoms with E-state index in [2.05, 4.69) is 10.6 Å². The van der Waals surface area contributed by atoms with Crippen LogP contribution in [-0.2, 0) is 19.1 Å². The Hall–Kier alpha value is -2.95. The number of ether oxygens (including phenoxy) is 3. The summed E-state index contributed by atoms with van der Waals surface area (Å²) >= 11 is 0. The van der Waals surface area contributed by atoms with Gasteiger partial charge in [-0.3, -0.25) is 9.59 Å². The summed E-state index contributed by atoms with van der Waals surface area (Å²) in [6.45, 7) is 5.87. The number of amides is 3. The summed E-state index contributed by atoms with van der Waals surface area (Å²) < 4.78 is 44.7. The molecule has 3 amide bonds. The lowest BCUT2D eigenvalue weighted by Crippen LogP contribution is -2.63. The second-order valence-corrected chi connectivity index (χ2v) is 9.14. The van der Waals surface area contributed by atoms with Crippen LogP contribution in [0.1, 0.15) is 40.0 Å². The van der Waals surface area contributed by atoms with E-state index in [0.29, 0.717) is 0 Å². The highest BCUT2D eigenvalue weighted by Gasteiger charge is 2.51. The van der Waals surface area contributed by atoms with Crippen molar-refractivity contribution in [3.8, 4) is 5.75 Å². The number of fused-ring (bicyclic) bond motifs is 1. The van der Waals surface area contributed by atoms with Crippen LogP contribution in [0.25, 0.3) is 0 Å². The molecule has 2 aliphatic heterocycles. The van der Waals surface area contributed by atoms with Crippen LogP contribution in [0.4, 0.5) is 19.3 Å². The summed E-state index contributed by atoms with van der Waals surface area (Å²) in [5, 5.41) is 5.07. The largest absolute Gasteiger partial charge is 0.479 e. The molecule has 11 heteroatoms. The van der Waals surface area contributed by atoms with Crippen LogP contribution < -0.4 is 21.1 Å². The van der Waals surface area contributed by atoms with Crippen molar-refractivity contribution in [1.29, 1.82) is 0 Å². The topological polar surface area (TPSA) is 129 Å². The van der Waals surface area contributed by atoms with E-state index in [1.807, 2.05) is 20.8 Å². The number of anilines is 1. The first kappa shape index (κ1) is 23.7. The Morgan fingerprint density at radius 1 is 1.31 bits per heavy atom. The number of nitrogens with two attached hydrogens (primary N) is 1. The molecule has 0 saturated carbocycles. The first-order chi connectivity index (χ1) is 14.9. The smallest absolute Gasteiger partial charge is 0.405 e. The first-order valence-corrected chi connectivity index (χ1v) is 10.2. The monoisotopic (exact) mass is 455 g/mol. The zero-order chi connectivity index (χ0) is 23.7. The van der Waals surface area contributed by atoms with E-state index < -0.39 is 58.5 Å². The van der Waals surface area contributed by atoms with Crippen LogP contribution in [0, 0.1) is 17.0 Å². The molecular formula is C21H27F2N3O6. The number of carbonyl (C=O) groups is 3. The van der Waals surface area contributed by atoms with E-state index in [1.54, 1.807) is 0 Å². The standard InChI is InChI=1S/C21H27F2N3O6/c1-20(2,3)10-13(31-19(24)29)17(27)26-16-18(28)25-12-5-4-11(22)14(23)15(12)32-21(16)6-8-30-9-7-21/h4-5,13,16H,6-10H2,1-3H3,(H2,24,29)(H,25,28)(H,26,27)/t13-,16+/m0/s1. The number of carbonyl (C=O) groups excluding carboxylic acids is 3. The molecule has 2 aliphatic rings. The van der Waals surface area contributed by atoms with Gasteiger partial charge in [-0.15, -0.1) is 0 Å². The van der Waals surface area contributed by atoms with E-state index in [9.17, 15) is 23.2 Å². The van der Waals surface area contributed by atoms with Gasteiger partial charge in [0.05, 0.1) is 18.9 Å². The Bertz CT molecular complexity index is 912. The molecule has 9 nitrogen and oxygen atoms in total. The lowest BCUT2D eigenvalue weighted by atomic mass is 9.84. The lowest BCUT2D eigenvalue weighted by molar-refractivity contribution is -0.141. The van der Waals surface area contributed by atoms with Gasteiger partial charge in [-0.25, -0.2) is 9.18 Å². The summed E-state index contributed by atoms with van der Waals surface area (Å²) in [4.78, 5) is 37.5. The van der Waals surface area contributed by atoms with Gasteiger partial charge >= 0.3 is 6.09 Å². The Labute approximate surface area is 183 Å². The molecule has 1 fully saturated rings. The zero-order valence-corrected chi connectivity index (χ0v) is 18.1. The maximum absolute atomic E-state index is 14.5. The Balaban J connectivity index is 1.96. The predicted octanol–water partition coefficient (Wildman–Crippen LogP) is 2.23. The van der Waals surface area contributed by atoms with Gasteiger partial charge in [-0.05, 0) is 24.0 Å². The van der Waals surface area contributed by atoms with E-state index in [0.717, 1.165) is 6.07 Å². The molecule has 2 heterocycles. The average Bonchev–Trinajstić information content (AvgIpc) is 2.80. The minimum absolute atomic E-state index is 0.0591. The molecule has 1 saturated heterocycles. The van der Waals surface area contributed by atoms with Crippen molar-refractivity contribution in [3.63, 3.8) is 0 Å². The molecule has 0 radical (unpaired) electrons. The highest BCUT2D eigenvalue weighted by molar-refractivity contribution is 6.00. The molecule has 2 atom stereocenters. The van der Waals surface area contributed by atoms with E-state index in [1.165, 1.54) is 6.07 Å². The second-order valence-electron chi connectivity index (χ2n) is 9.14. The maximum atomic E-state index is 14.5. The van der Waals surface area contributed by atoms with Gasteiger partial charge in [0.15, 0.2) is 17.7 Å². The summed E-state index contributed by atoms with van der Waals surface area (Å²) in [7, 11) is 0. The van der Waals surface area contributed by atoms with Crippen molar-refractivity contribution < 1.29 is 37.4 Å². The van der Waals surface area contributed by atoms with Gasteiger partial charge in [0.25, 0.3) is 11.8 Å². The SMILES string of the molecule is CC(C)(C)C[C@H](OC(N)=O)C(=O)N[C@@H]1C(=O)Nc2ccc(F)c(F)c2OC12CCOCC2. The van der Waals surface area contributed by atoms with Crippen LogP contribution in [0.5, 0.6) is 5.75 Å². The number of rotatable bonds is 4. The number of primary amides is 1. The molecule has 3 rings (SSSR count). The number of nitrogens with one attached hydrogen (secondary N) is 2. The van der Waals surface area contributed by atoms with Crippen LogP contribution in [0.3, 0.4) is 0 Å². The normalized spacial score (nSPS) is 20.9. The van der Waals surface area contributed by atoms with Crippen molar-refractivity contribution in [1.82, 2.24) is 5.32 Å². The van der Waals surface area contributed by atoms with E-state index in [-0.39, 0.29) is 38.2 Å². The Kier molecular flexibility index (Phi) is 6.59. The molecule has 32 heavy (non-hydrogen) atoms. The molecule has 1 aromatic carbocycles. The second kappa shape index (κ2) is 8.89. The maximum Gasteiger partial charge on any atom is 0.405 e. The molecule has 0 aromatic heterocycles. The fourth-order valence-electron chi connectivity index (χ4n) is 3.86. The van der Waals surface area contributed by atoms with E-state index >= 15 is 0 Å². The molecule has 0 bridgehead atoms. The third-order valence-corrected chi connectivity index (χ3v) is 5.38. The molecule has 176 valence electrons. The van der Waals surface area contributed by atoms with Gasteiger partial charge < -0.3 is 30.6 Å².